The number of hydrogen-bond acceptors (Lipinski definition) is 4. The van der Waals surface area contributed by atoms with E-state index in [4.69, 9.17) is 4.74 Å². The van der Waals surface area contributed by atoms with Crippen LogP contribution in [0, 0.1) is 0 Å². The predicted molar refractivity (Wildman–Crippen MR) is 89.4 cm³/mol. The standard InChI is InChI=1S/C18H20N2O3/c1-20(2)15-11-7-10-14(12-15)17(21)19-16(18(22)23-3)13-8-5-4-6-9-13/h4-12,16H,1-3H3,(H,19,21)/t16-/m1/s1. The molecule has 0 fully saturated rings. The number of amides is 1. The van der Waals surface area contributed by atoms with Crippen LogP contribution in [0.1, 0.15) is 22.0 Å². The van der Waals surface area contributed by atoms with Crippen molar-refractivity contribution in [3.05, 3.63) is 65.7 Å². The zero-order valence-corrected chi connectivity index (χ0v) is 13.4. The third kappa shape index (κ3) is 4.10. The van der Waals surface area contributed by atoms with Crippen molar-refractivity contribution in [3.63, 3.8) is 0 Å². The Morgan fingerprint density at radius 2 is 1.74 bits per heavy atom. The minimum Gasteiger partial charge on any atom is -0.467 e. The van der Waals surface area contributed by atoms with Crippen LogP contribution in [-0.2, 0) is 9.53 Å². The van der Waals surface area contributed by atoms with Crippen LogP contribution in [0.4, 0.5) is 5.69 Å². The highest BCUT2D eigenvalue weighted by Crippen LogP contribution is 2.17. The molecule has 0 radical (unpaired) electrons. The van der Waals surface area contributed by atoms with Crippen molar-refractivity contribution in [1.29, 1.82) is 0 Å². The molecule has 2 aromatic carbocycles. The number of carbonyl (C=O) groups excluding carboxylic acids is 2. The molecule has 0 aromatic heterocycles. The maximum absolute atomic E-state index is 12.5. The van der Waals surface area contributed by atoms with Crippen molar-refractivity contribution in [2.45, 2.75) is 6.04 Å². The zero-order chi connectivity index (χ0) is 16.8. The number of nitrogens with zero attached hydrogens (tertiary/aromatic N) is 1. The Morgan fingerprint density at radius 3 is 2.35 bits per heavy atom. The van der Waals surface area contributed by atoms with E-state index >= 15 is 0 Å². The number of esters is 1. The summed E-state index contributed by atoms with van der Waals surface area (Å²) in [4.78, 5) is 26.4. The van der Waals surface area contributed by atoms with Crippen molar-refractivity contribution in [1.82, 2.24) is 5.32 Å². The Kier molecular flexibility index (Phi) is 5.36. The van der Waals surface area contributed by atoms with Gasteiger partial charge in [0.15, 0.2) is 6.04 Å². The first kappa shape index (κ1) is 16.5. The smallest absolute Gasteiger partial charge is 0.333 e. The summed E-state index contributed by atoms with van der Waals surface area (Å²) >= 11 is 0. The Hall–Kier alpha value is -2.82. The average molecular weight is 312 g/mol. The number of rotatable bonds is 5. The van der Waals surface area contributed by atoms with Gasteiger partial charge in [-0.1, -0.05) is 36.4 Å². The van der Waals surface area contributed by atoms with Crippen LogP contribution in [-0.4, -0.2) is 33.1 Å². The molecule has 2 aromatic rings. The van der Waals surface area contributed by atoms with Crippen LogP contribution in [0.5, 0.6) is 0 Å². The molecule has 0 bridgehead atoms. The van der Waals surface area contributed by atoms with E-state index in [1.54, 1.807) is 30.3 Å². The van der Waals surface area contributed by atoms with E-state index in [1.165, 1.54) is 7.11 Å². The first-order valence-corrected chi connectivity index (χ1v) is 7.24. The van der Waals surface area contributed by atoms with Gasteiger partial charge in [-0.25, -0.2) is 4.79 Å². The van der Waals surface area contributed by atoms with Crippen LogP contribution in [0.25, 0.3) is 0 Å². The van der Waals surface area contributed by atoms with Gasteiger partial charge in [0.05, 0.1) is 7.11 Å². The lowest BCUT2D eigenvalue weighted by Crippen LogP contribution is -2.34. The van der Waals surface area contributed by atoms with Gasteiger partial charge in [0, 0.05) is 25.3 Å². The molecular formula is C18H20N2O3. The largest absolute Gasteiger partial charge is 0.467 e. The number of hydrogen-bond donors (Lipinski definition) is 1. The fourth-order valence-electron chi connectivity index (χ4n) is 2.18. The molecule has 23 heavy (non-hydrogen) atoms. The van der Waals surface area contributed by atoms with E-state index in [1.807, 2.05) is 43.3 Å². The topological polar surface area (TPSA) is 58.6 Å². The Morgan fingerprint density at radius 1 is 1.04 bits per heavy atom. The summed E-state index contributed by atoms with van der Waals surface area (Å²) in [6, 6.07) is 15.4. The molecular weight excluding hydrogens is 292 g/mol. The Labute approximate surface area is 135 Å². The van der Waals surface area contributed by atoms with Crippen molar-refractivity contribution in [2.24, 2.45) is 0 Å². The highest BCUT2D eigenvalue weighted by Gasteiger charge is 2.24. The van der Waals surface area contributed by atoms with Crippen molar-refractivity contribution >= 4 is 17.6 Å². The molecule has 1 atom stereocenters. The number of carbonyl (C=O) groups is 2. The van der Waals surface area contributed by atoms with Gasteiger partial charge in [-0.05, 0) is 23.8 Å². The summed E-state index contributed by atoms with van der Waals surface area (Å²) in [7, 11) is 5.10. The minimum atomic E-state index is -0.836. The molecule has 0 aliphatic carbocycles. The van der Waals surface area contributed by atoms with Crippen LogP contribution >= 0.6 is 0 Å². The van der Waals surface area contributed by atoms with Crippen LogP contribution in [0.15, 0.2) is 54.6 Å². The molecule has 120 valence electrons. The molecule has 0 saturated carbocycles. The SMILES string of the molecule is COC(=O)[C@H](NC(=O)c1cccc(N(C)C)c1)c1ccccc1. The number of anilines is 1. The highest BCUT2D eigenvalue weighted by atomic mass is 16.5. The molecule has 5 heteroatoms. The maximum Gasteiger partial charge on any atom is 0.333 e. The molecule has 0 aliphatic rings. The number of nitrogens with one attached hydrogen (secondary N) is 1. The molecule has 0 heterocycles. The van der Waals surface area contributed by atoms with Crippen LogP contribution in [0.3, 0.4) is 0 Å². The van der Waals surface area contributed by atoms with E-state index in [2.05, 4.69) is 5.32 Å². The molecule has 0 unspecified atom stereocenters. The van der Waals surface area contributed by atoms with Crippen LogP contribution in [0.2, 0.25) is 0 Å². The molecule has 1 N–H and O–H groups in total. The van der Waals surface area contributed by atoms with Gasteiger partial charge in [-0.2, -0.15) is 0 Å². The van der Waals surface area contributed by atoms with Gasteiger partial charge < -0.3 is 15.0 Å². The van der Waals surface area contributed by atoms with Gasteiger partial charge >= 0.3 is 5.97 Å². The Bertz CT molecular complexity index is 684. The van der Waals surface area contributed by atoms with E-state index in [-0.39, 0.29) is 5.91 Å². The second-order valence-electron chi connectivity index (χ2n) is 5.29. The summed E-state index contributed by atoms with van der Waals surface area (Å²) in [5.74, 6) is -0.832. The monoisotopic (exact) mass is 312 g/mol. The van der Waals surface area contributed by atoms with Gasteiger partial charge in [-0.3, -0.25) is 4.79 Å². The van der Waals surface area contributed by atoms with Crippen molar-refractivity contribution < 1.29 is 14.3 Å². The average Bonchev–Trinajstić information content (AvgIpc) is 2.59. The summed E-state index contributed by atoms with van der Waals surface area (Å²) in [5.41, 5.74) is 2.07. The van der Waals surface area contributed by atoms with Gasteiger partial charge in [-0.15, -0.1) is 0 Å². The third-order valence-corrected chi connectivity index (χ3v) is 3.47. The van der Waals surface area contributed by atoms with Crippen molar-refractivity contribution in [3.8, 4) is 0 Å². The maximum atomic E-state index is 12.5. The Balaban J connectivity index is 2.24. The quantitative estimate of drug-likeness (QED) is 0.861. The summed E-state index contributed by atoms with van der Waals surface area (Å²) < 4.78 is 4.80. The normalized spacial score (nSPS) is 11.4. The van der Waals surface area contributed by atoms with Gasteiger partial charge in [0.25, 0.3) is 5.91 Å². The van der Waals surface area contributed by atoms with E-state index in [0.29, 0.717) is 11.1 Å². The second kappa shape index (κ2) is 7.45. The third-order valence-electron chi connectivity index (χ3n) is 3.47. The highest BCUT2D eigenvalue weighted by molar-refractivity contribution is 5.97. The lowest BCUT2D eigenvalue weighted by atomic mass is 10.1. The van der Waals surface area contributed by atoms with E-state index in [0.717, 1.165) is 5.69 Å². The molecule has 5 nitrogen and oxygen atoms in total. The number of benzene rings is 2. The lowest BCUT2D eigenvalue weighted by Gasteiger charge is -2.18. The first-order chi connectivity index (χ1) is 11.0. The molecule has 1 amide bonds. The van der Waals surface area contributed by atoms with Gasteiger partial charge in [0.1, 0.15) is 0 Å². The summed E-state index contributed by atoms with van der Waals surface area (Å²) in [5, 5.41) is 2.73. The first-order valence-electron chi connectivity index (χ1n) is 7.24. The molecule has 0 aliphatic heterocycles. The fraction of sp³-hybridized carbons (Fsp3) is 0.222. The summed E-state index contributed by atoms with van der Waals surface area (Å²) in [6.07, 6.45) is 0. The number of methoxy groups -OCH3 is 1. The molecule has 0 spiro atoms. The fourth-order valence-corrected chi connectivity index (χ4v) is 2.18. The molecule has 0 saturated heterocycles. The van der Waals surface area contributed by atoms with Crippen molar-refractivity contribution in [2.75, 3.05) is 26.1 Å². The lowest BCUT2D eigenvalue weighted by molar-refractivity contribution is -0.143. The second-order valence-corrected chi connectivity index (χ2v) is 5.29. The minimum absolute atomic E-state index is 0.326. The summed E-state index contributed by atoms with van der Waals surface area (Å²) in [6.45, 7) is 0. The van der Waals surface area contributed by atoms with E-state index < -0.39 is 12.0 Å². The van der Waals surface area contributed by atoms with Crippen LogP contribution < -0.4 is 10.2 Å². The zero-order valence-electron chi connectivity index (χ0n) is 13.4. The van der Waals surface area contributed by atoms with E-state index in [9.17, 15) is 9.59 Å². The number of ether oxygens (including phenoxy) is 1. The molecule has 2 rings (SSSR count). The predicted octanol–water partition coefficient (Wildman–Crippen LogP) is 2.40. The van der Waals surface area contributed by atoms with Gasteiger partial charge in [0.2, 0.25) is 0 Å².